The van der Waals surface area contributed by atoms with E-state index in [-0.39, 0.29) is 5.91 Å². The third kappa shape index (κ3) is 2.71. The number of nitrogens with one attached hydrogen (secondary N) is 1. The highest BCUT2D eigenvalue weighted by Crippen LogP contribution is 2.37. The fraction of sp³-hybridized carbons (Fsp3) is 0.500. The summed E-state index contributed by atoms with van der Waals surface area (Å²) in [5, 5.41) is 7.61. The fourth-order valence-corrected chi connectivity index (χ4v) is 3.95. The second kappa shape index (κ2) is 6.02. The highest BCUT2D eigenvalue weighted by atomic mass is 16.2. The van der Waals surface area contributed by atoms with Gasteiger partial charge in [-0.15, -0.1) is 0 Å². The maximum absolute atomic E-state index is 12.9. The Labute approximate surface area is 141 Å². The van der Waals surface area contributed by atoms with Crippen molar-refractivity contribution in [1.29, 1.82) is 0 Å². The summed E-state index contributed by atoms with van der Waals surface area (Å²) in [6, 6.07) is 5.84. The van der Waals surface area contributed by atoms with Crippen LogP contribution in [0.5, 0.6) is 0 Å². The van der Waals surface area contributed by atoms with Crippen LogP contribution in [0.1, 0.15) is 35.2 Å². The van der Waals surface area contributed by atoms with Gasteiger partial charge in [-0.3, -0.25) is 4.79 Å². The number of hydrogen-bond acceptors (Lipinski definition) is 4. The molecule has 2 fully saturated rings. The van der Waals surface area contributed by atoms with Crippen molar-refractivity contribution in [2.75, 3.05) is 26.2 Å². The van der Waals surface area contributed by atoms with Crippen molar-refractivity contribution in [2.45, 2.75) is 26.2 Å². The zero-order valence-electron chi connectivity index (χ0n) is 14.0. The number of carbonyl (C=O) groups excluding carboxylic acids is 1. The van der Waals surface area contributed by atoms with E-state index in [4.69, 9.17) is 0 Å². The van der Waals surface area contributed by atoms with Gasteiger partial charge in [-0.05, 0) is 61.9 Å². The average molecular weight is 325 g/mol. The molecule has 0 radical (unpaired) electrons. The molecule has 2 aromatic rings. The molecule has 0 unspecified atom stereocenters. The largest absolute Gasteiger partial charge is 0.339 e. The quantitative estimate of drug-likeness (QED) is 0.914. The lowest BCUT2D eigenvalue weighted by Crippen LogP contribution is -2.44. The Balaban J connectivity index is 1.49. The van der Waals surface area contributed by atoms with E-state index < -0.39 is 0 Å². The molecule has 2 saturated heterocycles. The molecule has 24 heavy (non-hydrogen) atoms. The highest BCUT2D eigenvalue weighted by Gasteiger charge is 2.38. The van der Waals surface area contributed by atoms with E-state index in [1.807, 2.05) is 30.0 Å². The Morgan fingerprint density at radius 3 is 2.71 bits per heavy atom. The first kappa shape index (κ1) is 15.3. The molecule has 6 nitrogen and oxygen atoms in total. The van der Waals surface area contributed by atoms with E-state index in [1.165, 1.54) is 12.7 Å². The van der Waals surface area contributed by atoms with Crippen LogP contribution in [-0.4, -0.2) is 51.8 Å². The molecule has 3 heterocycles. The summed E-state index contributed by atoms with van der Waals surface area (Å²) >= 11 is 0. The Bertz CT molecular complexity index is 724. The average Bonchev–Trinajstić information content (AvgIpc) is 3.27. The summed E-state index contributed by atoms with van der Waals surface area (Å²) in [6.45, 7) is 5.95. The van der Waals surface area contributed by atoms with E-state index in [0.29, 0.717) is 5.41 Å². The van der Waals surface area contributed by atoms with Gasteiger partial charge in [0.2, 0.25) is 0 Å². The SMILES string of the molecule is Cc1cc(-n2cncn2)ccc1C(=O)N1CCC2(CCNC2)CC1. The molecule has 0 aliphatic carbocycles. The Morgan fingerprint density at radius 1 is 1.25 bits per heavy atom. The number of hydrogen-bond donors (Lipinski definition) is 1. The number of aromatic nitrogens is 3. The van der Waals surface area contributed by atoms with Crippen LogP contribution in [0.2, 0.25) is 0 Å². The van der Waals surface area contributed by atoms with Crippen LogP contribution in [0.4, 0.5) is 0 Å². The maximum Gasteiger partial charge on any atom is 0.254 e. The van der Waals surface area contributed by atoms with E-state index in [1.54, 1.807) is 11.0 Å². The molecule has 6 heteroatoms. The molecule has 1 aromatic heterocycles. The van der Waals surface area contributed by atoms with Gasteiger partial charge in [0.1, 0.15) is 12.7 Å². The standard InChI is InChI=1S/C18H23N5O/c1-14-10-15(23-13-20-12-21-23)2-3-16(14)17(24)22-8-5-18(6-9-22)4-7-19-11-18/h2-3,10,12-13,19H,4-9,11H2,1H3. The molecule has 0 atom stereocenters. The Hall–Kier alpha value is -2.21. The number of benzene rings is 1. The molecule has 2 aliphatic heterocycles. The molecule has 1 N–H and O–H groups in total. The summed E-state index contributed by atoms with van der Waals surface area (Å²) in [5.74, 6) is 0.151. The second-order valence-electron chi connectivity index (χ2n) is 7.06. The van der Waals surface area contributed by atoms with Crippen molar-refractivity contribution in [3.05, 3.63) is 42.0 Å². The van der Waals surface area contributed by atoms with Crippen molar-refractivity contribution in [3.63, 3.8) is 0 Å². The number of aryl methyl sites for hydroxylation is 1. The van der Waals surface area contributed by atoms with E-state index >= 15 is 0 Å². The van der Waals surface area contributed by atoms with Crippen LogP contribution in [0.25, 0.3) is 5.69 Å². The van der Waals surface area contributed by atoms with Gasteiger partial charge in [0, 0.05) is 25.2 Å². The van der Waals surface area contributed by atoms with Crippen LogP contribution in [0, 0.1) is 12.3 Å². The molecule has 4 rings (SSSR count). The highest BCUT2D eigenvalue weighted by molar-refractivity contribution is 5.96. The van der Waals surface area contributed by atoms with Crippen molar-refractivity contribution in [2.24, 2.45) is 5.41 Å². The van der Waals surface area contributed by atoms with Gasteiger partial charge in [0.15, 0.2) is 0 Å². The Morgan fingerprint density at radius 2 is 2.08 bits per heavy atom. The lowest BCUT2D eigenvalue weighted by Gasteiger charge is -2.39. The van der Waals surface area contributed by atoms with Gasteiger partial charge < -0.3 is 10.2 Å². The molecular weight excluding hydrogens is 302 g/mol. The normalized spacial score (nSPS) is 19.8. The lowest BCUT2D eigenvalue weighted by molar-refractivity contribution is 0.0607. The minimum atomic E-state index is 0.151. The minimum Gasteiger partial charge on any atom is -0.339 e. The van der Waals surface area contributed by atoms with Crippen molar-refractivity contribution in [3.8, 4) is 5.69 Å². The lowest BCUT2D eigenvalue weighted by atomic mass is 9.77. The fourth-order valence-electron chi connectivity index (χ4n) is 3.95. The van der Waals surface area contributed by atoms with Crippen LogP contribution in [0.3, 0.4) is 0 Å². The zero-order chi connectivity index (χ0) is 16.6. The second-order valence-corrected chi connectivity index (χ2v) is 7.06. The number of likely N-dealkylation sites (tertiary alicyclic amines) is 1. The first-order valence-electron chi connectivity index (χ1n) is 8.63. The van der Waals surface area contributed by atoms with Crippen LogP contribution >= 0.6 is 0 Å². The number of piperidine rings is 1. The zero-order valence-corrected chi connectivity index (χ0v) is 14.0. The number of amides is 1. The number of carbonyl (C=O) groups is 1. The molecule has 1 spiro atoms. The van der Waals surface area contributed by atoms with Crippen LogP contribution in [-0.2, 0) is 0 Å². The number of nitrogens with zero attached hydrogens (tertiary/aromatic N) is 4. The van der Waals surface area contributed by atoms with Crippen molar-refractivity contribution < 1.29 is 4.79 Å². The molecule has 1 aromatic carbocycles. The summed E-state index contributed by atoms with van der Waals surface area (Å²) in [4.78, 5) is 18.9. The van der Waals surface area contributed by atoms with Crippen LogP contribution in [0.15, 0.2) is 30.9 Å². The topological polar surface area (TPSA) is 63.1 Å². The molecule has 1 amide bonds. The van der Waals surface area contributed by atoms with E-state index in [0.717, 1.165) is 55.8 Å². The predicted octanol–water partition coefficient (Wildman–Crippen LogP) is 1.79. The minimum absolute atomic E-state index is 0.151. The predicted molar refractivity (Wildman–Crippen MR) is 91.2 cm³/mol. The van der Waals surface area contributed by atoms with Gasteiger partial charge in [-0.25, -0.2) is 9.67 Å². The van der Waals surface area contributed by atoms with Crippen molar-refractivity contribution >= 4 is 5.91 Å². The van der Waals surface area contributed by atoms with Gasteiger partial charge >= 0.3 is 0 Å². The van der Waals surface area contributed by atoms with Gasteiger partial charge in [-0.1, -0.05) is 0 Å². The van der Waals surface area contributed by atoms with Crippen molar-refractivity contribution in [1.82, 2.24) is 25.0 Å². The summed E-state index contributed by atoms with van der Waals surface area (Å²) < 4.78 is 1.71. The monoisotopic (exact) mass is 325 g/mol. The van der Waals surface area contributed by atoms with Gasteiger partial charge in [0.05, 0.1) is 5.69 Å². The first-order chi connectivity index (χ1) is 11.7. The summed E-state index contributed by atoms with van der Waals surface area (Å²) in [5.41, 5.74) is 3.13. The molecule has 126 valence electrons. The Kier molecular flexibility index (Phi) is 3.84. The summed E-state index contributed by atoms with van der Waals surface area (Å²) in [6.07, 6.45) is 6.65. The molecule has 0 bridgehead atoms. The molecule has 0 saturated carbocycles. The first-order valence-corrected chi connectivity index (χ1v) is 8.63. The maximum atomic E-state index is 12.9. The smallest absolute Gasteiger partial charge is 0.254 e. The molecule has 2 aliphatic rings. The van der Waals surface area contributed by atoms with E-state index in [2.05, 4.69) is 15.4 Å². The van der Waals surface area contributed by atoms with Crippen LogP contribution < -0.4 is 5.32 Å². The molecular formula is C18H23N5O. The van der Waals surface area contributed by atoms with E-state index in [9.17, 15) is 4.79 Å². The third-order valence-electron chi connectivity index (χ3n) is 5.57. The number of rotatable bonds is 2. The summed E-state index contributed by atoms with van der Waals surface area (Å²) in [7, 11) is 0. The van der Waals surface area contributed by atoms with Gasteiger partial charge in [0.25, 0.3) is 5.91 Å². The third-order valence-corrected chi connectivity index (χ3v) is 5.57. The van der Waals surface area contributed by atoms with Gasteiger partial charge in [-0.2, -0.15) is 5.10 Å².